The van der Waals surface area contributed by atoms with Crippen molar-refractivity contribution in [2.75, 3.05) is 18.6 Å². The second kappa shape index (κ2) is 7.17. The Kier molecular flexibility index (Phi) is 5.54. The molecule has 0 radical (unpaired) electrons. The van der Waals surface area contributed by atoms with Gasteiger partial charge < -0.3 is 4.74 Å². The molecule has 102 valence electrons. The number of hydrogen-bond acceptors (Lipinski definition) is 6. The number of benzene rings is 1. The fourth-order valence-electron chi connectivity index (χ4n) is 1.48. The molecule has 3 nitrogen and oxygen atoms in total. The molecule has 0 saturated heterocycles. The van der Waals surface area contributed by atoms with Crippen LogP contribution in [0.1, 0.15) is 11.1 Å². The van der Waals surface area contributed by atoms with Gasteiger partial charge in [-0.25, -0.2) is 0 Å². The first kappa shape index (κ1) is 14.7. The SMILES string of the molecule is CSc1nnc(SCCOc2cc(C)ccc2C)s1. The van der Waals surface area contributed by atoms with E-state index >= 15 is 0 Å². The lowest BCUT2D eigenvalue weighted by Gasteiger charge is -2.09. The Balaban J connectivity index is 1.79. The van der Waals surface area contributed by atoms with E-state index in [0.29, 0.717) is 6.61 Å². The highest BCUT2D eigenvalue weighted by Crippen LogP contribution is 2.27. The Morgan fingerprint density at radius 2 is 2.00 bits per heavy atom. The van der Waals surface area contributed by atoms with E-state index < -0.39 is 0 Å². The van der Waals surface area contributed by atoms with Crippen molar-refractivity contribution in [1.82, 2.24) is 10.2 Å². The Morgan fingerprint density at radius 1 is 1.21 bits per heavy atom. The summed E-state index contributed by atoms with van der Waals surface area (Å²) in [5.41, 5.74) is 2.40. The number of ether oxygens (including phenoxy) is 1. The van der Waals surface area contributed by atoms with Gasteiger partial charge in [0, 0.05) is 5.75 Å². The highest BCUT2D eigenvalue weighted by molar-refractivity contribution is 8.02. The van der Waals surface area contributed by atoms with Crippen LogP contribution >= 0.6 is 34.9 Å². The van der Waals surface area contributed by atoms with Crippen molar-refractivity contribution in [2.45, 2.75) is 22.5 Å². The molecule has 0 aliphatic heterocycles. The Hall–Kier alpha value is -0.720. The number of aromatic nitrogens is 2. The van der Waals surface area contributed by atoms with Crippen LogP contribution in [0.3, 0.4) is 0 Å². The number of hydrogen-bond donors (Lipinski definition) is 0. The third-order valence-corrected chi connectivity index (χ3v) is 5.47. The molecule has 0 unspecified atom stereocenters. The van der Waals surface area contributed by atoms with Gasteiger partial charge in [-0.05, 0) is 37.3 Å². The zero-order chi connectivity index (χ0) is 13.7. The first-order valence-corrected chi connectivity index (χ1v) is 8.92. The molecule has 1 aromatic heterocycles. The molecule has 0 bridgehead atoms. The molecule has 2 rings (SSSR count). The van der Waals surface area contributed by atoms with Crippen LogP contribution in [-0.2, 0) is 0 Å². The van der Waals surface area contributed by atoms with Gasteiger partial charge in [0.05, 0.1) is 6.61 Å². The minimum atomic E-state index is 0.684. The van der Waals surface area contributed by atoms with Gasteiger partial charge in [-0.15, -0.1) is 10.2 Å². The summed E-state index contributed by atoms with van der Waals surface area (Å²) >= 11 is 4.95. The van der Waals surface area contributed by atoms with Crippen molar-refractivity contribution in [3.8, 4) is 5.75 Å². The highest BCUT2D eigenvalue weighted by atomic mass is 32.2. The quantitative estimate of drug-likeness (QED) is 0.594. The van der Waals surface area contributed by atoms with E-state index in [4.69, 9.17) is 4.74 Å². The van der Waals surface area contributed by atoms with E-state index in [2.05, 4.69) is 42.2 Å². The average molecular weight is 312 g/mol. The predicted octanol–water partition coefficient (Wildman–Crippen LogP) is 4.05. The van der Waals surface area contributed by atoms with Gasteiger partial charge in [0.25, 0.3) is 0 Å². The summed E-state index contributed by atoms with van der Waals surface area (Å²) in [6, 6.07) is 6.27. The predicted molar refractivity (Wildman–Crippen MR) is 83.8 cm³/mol. The highest BCUT2D eigenvalue weighted by Gasteiger charge is 2.04. The normalized spacial score (nSPS) is 10.7. The van der Waals surface area contributed by atoms with Gasteiger partial charge in [-0.3, -0.25) is 0 Å². The molecular formula is C13H16N2OS3. The van der Waals surface area contributed by atoms with Crippen LogP contribution in [0, 0.1) is 13.8 Å². The van der Waals surface area contributed by atoms with Crippen LogP contribution in [0.2, 0.25) is 0 Å². The Labute approximate surface area is 126 Å². The van der Waals surface area contributed by atoms with Gasteiger partial charge in [0.1, 0.15) is 5.75 Å². The van der Waals surface area contributed by atoms with E-state index in [1.54, 1.807) is 34.9 Å². The molecule has 0 fully saturated rings. The average Bonchev–Trinajstić information content (AvgIpc) is 2.86. The van der Waals surface area contributed by atoms with Crippen LogP contribution < -0.4 is 4.74 Å². The molecule has 0 saturated carbocycles. The van der Waals surface area contributed by atoms with Gasteiger partial charge in [-0.2, -0.15) is 0 Å². The molecule has 0 atom stereocenters. The molecule has 1 aromatic carbocycles. The lowest BCUT2D eigenvalue weighted by Crippen LogP contribution is -2.01. The van der Waals surface area contributed by atoms with E-state index in [0.717, 1.165) is 20.2 Å². The summed E-state index contributed by atoms with van der Waals surface area (Å²) in [7, 11) is 0. The van der Waals surface area contributed by atoms with Crippen molar-refractivity contribution in [1.29, 1.82) is 0 Å². The van der Waals surface area contributed by atoms with Gasteiger partial charge in [-0.1, -0.05) is 47.0 Å². The molecule has 1 heterocycles. The minimum absolute atomic E-state index is 0.684. The van der Waals surface area contributed by atoms with Crippen molar-refractivity contribution in [3.63, 3.8) is 0 Å². The van der Waals surface area contributed by atoms with E-state index in [-0.39, 0.29) is 0 Å². The lowest BCUT2D eigenvalue weighted by atomic mass is 10.1. The summed E-state index contributed by atoms with van der Waals surface area (Å²) < 4.78 is 7.82. The Morgan fingerprint density at radius 3 is 2.74 bits per heavy atom. The van der Waals surface area contributed by atoms with Crippen molar-refractivity contribution >= 4 is 34.9 Å². The van der Waals surface area contributed by atoms with Crippen molar-refractivity contribution in [3.05, 3.63) is 29.3 Å². The number of rotatable bonds is 6. The van der Waals surface area contributed by atoms with Crippen molar-refractivity contribution < 1.29 is 4.74 Å². The molecule has 0 aliphatic carbocycles. The zero-order valence-corrected chi connectivity index (χ0v) is 13.6. The topological polar surface area (TPSA) is 35.0 Å². The fraction of sp³-hybridized carbons (Fsp3) is 0.385. The summed E-state index contributed by atoms with van der Waals surface area (Å²) in [6.07, 6.45) is 2.01. The zero-order valence-electron chi connectivity index (χ0n) is 11.2. The molecule has 0 amide bonds. The standard InChI is InChI=1S/C13H16N2OS3/c1-9-4-5-10(2)11(8-9)16-6-7-18-13-15-14-12(17-3)19-13/h4-5,8H,6-7H2,1-3H3. The van der Waals surface area contributed by atoms with Crippen LogP contribution in [0.25, 0.3) is 0 Å². The second-order valence-corrected chi connectivity index (χ2v) is 7.38. The second-order valence-electron chi connectivity index (χ2n) is 4.00. The molecule has 6 heteroatoms. The fourth-order valence-corrected chi connectivity index (χ4v) is 3.81. The first-order chi connectivity index (χ1) is 9.19. The monoisotopic (exact) mass is 312 g/mol. The maximum atomic E-state index is 5.80. The maximum Gasteiger partial charge on any atom is 0.175 e. The molecular weight excluding hydrogens is 296 g/mol. The largest absolute Gasteiger partial charge is 0.492 e. The number of thioether (sulfide) groups is 2. The molecule has 0 spiro atoms. The molecule has 0 aliphatic rings. The van der Waals surface area contributed by atoms with Crippen LogP contribution in [0.5, 0.6) is 5.75 Å². The van der Waals surface area contributed by atoms with Crippen LogP contribution in [0.15, 0.2) is 26.9 Å². The Bertz CT molecular complexity index is 542. The number of nitrogens with zero attached hydrogens (tertiary/aromatic N) is 2. The van der Waals surface area contributed by atoms with E-state index in [1.807, 2.05) is 6.26 Å². The van der Waals surface area contributed by atoms with Gasteiger partial charge in [0.2, 0.25) is 0 Å². The first-order valence-electron chi connectivity index (χ1n) is 5.89. The molecule has 0 N–H and O–H groups in total. The van der Waals surface area contributed by atoms with Crippen LogP contribution in [0.4, 0.5) is 0 Å². The molecule has 19 heavy (non-hydrogen) atoms. The number of aryl methyl sites for hydroxylation is 2. The third-order valence-electron chi connectivity index (χ3n) is 2.47. The summed E-state index contributed by atoms with van der Waals surface area (Å²) in [5, 5.41) is 8.19. The lowest BCUT2D eigenvalue weighted by molar-refractivity contribution is 0.341. The summed E-state index contributed by atoms with van der Waals surface area (Å²) in [4.78, 5) is 0. The smallest absolute Gasteiger partial charge is 0.175 e. The maximum absolute atomic E-state index is 5.80. The van der Waals surface area contributed by atoms with E-state index in [1.165, 1.54) is 11.1 Å². The summed E-state index contributed by atoms with van der Waals surface area (Å²) in [5.74, 6) is 1.86. The van der Waals surface area contributed by atoms with Gasteiger partial charge >= 0.3 is 0 Å². The van der Waals surface area contributed by atoms with E-state index in [9.17, 15) is 0 Å². The molecule has 2 aromatic rings. The van der Waals surface area contributed by atoms with Crippen molar-refractivity contribution in [2.24, 2.45) is 0 Å². The third kappa shape index (κ3) is 4.40. The van der Waals surface area contributed by atoms with Crippen LogP contribution in [-0.4, -0.2) is 28.8 Å². The van der Waals surface area contributed by atoms with Gasteiger partial charge in [0.15, 0.2) is 8.68 Å². The minimum Gasteiger partial charge on any atom is -0.492 e. The summed E-state index contributed by atoms with van der Waals surface area (Å²) in [6.45, 7) is 4.83.